The molecule has 0 aromatic heterocycles. The van der Waals surface area contributed by atoms with Crippen LogP contribution in [0.2, 0.25) is 0 Å². The Morgan fingerprint density at radius 2 is 1.48 bits per heavy atom. The van der Waals surface area contributed by atoms with E-state index >= 15 is 0 Å². The van der Waals surface area contributed by atoms with E-state index in [9.17, 15) is 33.6 Å². The van der Waals surface area contributed by atoms with E-state index in [0.29, 0.717) is 62.9 Å². The highest BCUT2D eigenvalue weighted by Gasteiger charge is 2.43. The zero-order valence-electron chi connectivity index (χ0n) is 42.4. The van der Waals surface area contributed by atoms with Crippen molar-refractivity contribution in [3.8, 4) is 0 Å². The Hall–Kier alpha value is -5.00. The van der Waals surface area contributed by atoms with E-state index in [1.807, 2.05) is 90.9 Å². The number of hydrazone groups is 1. The van der Waals surface area contributed by atoms with Crippen LogP contribution in [0.4, 0.5) is 0 Å². The van der Waals surface area contributed by atoms with E-state index < -0.39 is 48.3 Å². The molecule has 67 heavy (non-hydrogen) atoms. The highest BCUT2D eigenvalue weighted by molar-refractivity contribution is 6.12. The van der Waals surface area contributed by atoms with Gasteiger partial charge in [-0.15, -0.1) is 0 Å². The molecule has 1 aromatic carbocycles. The van der Waals surface area contributed by atoms with Gasteiger partial charge in [0.15, 0.2) is 0 Å². The molecule has 2 heterocycles. The fourth-order valence-corrected chi connectivity index (χ4v) is 9.41. The number of carbonyl (C=O) groups is 7. The van der Waals surface area contributed by atoms with Gasteiger partial charge < -0.3 is 29.9 Å². The first kappa shape index (κ1) is 56.3. The van der Waals surface area contributed by atoms with Crippen molar-refractivity contribution in [2.45, 2.75) is 149 Å². The second-order valence-corrected chi connectivity index (χ2v) is 19.1. The number of imide groups is 1. The molecular formula is C50H80N8O9. The van der Waals surface area contributed by atoms with Crippen LogP contribution in [-0.4, -0.2) is 158 Å². The number of hydrogen-bond donors (Lipinski definition) is 3. The normalized spacial score (nSPS) is 19.0. The van der Waals surface area contributed by atoms with E-state index in [0.717, 1.165) is 0 Å². The molecule has 0 aliphatic carbocycles. The molecule has 1 fully saturated rings. The van der Waals surface area contributed by atoms with Gasteiger partial charge in [0.1, 0.15) is 6.04 Å². The van der Waals surface area contributed by atoms with Gasteiger partial charge in [-0.1, -0.05) is 91.6 Å². The summed E-state index contributed by atoms with van der Waals surface area (Å²) in [6.07, 6.45) is 5.15. The molecule has 9 atom stereocenters. The molecule has 3 rings (SSSR count). The summed E-state index contributed by atoms with van der Waals surface area (Å²) in [5.41, 5.74) is 3.79. The second-order valence-electron chi connectivity index (χ2n) is 19.1. The second kappa shape index (κ2) is 27.1. The SMILES string of the molecule is CC[C@H](C)[C@@H]([C@@H](CC(=O)N1CCC[C@H]1[C@H](OC)[C@@H](C)C(=O)N[C@H](C)/C(=N/NC(=O)CCCCCN1C(=O)C=CC1=O)c1ccccc1)OC)N(C)C(=O)[C@@H](NC(=O)[C@H](C(C)C)N(C)C)C(C)C. The summed E-state index contributed by atoms with van der Waals surface area (Å²) in [5, 5.41) is 10.6. The fourth-order valence-electron chi connectivity index (χ4n) is 9.41. The monoisotopic (exact) mass is 937 g/mol. The average molecular weight is 937 g/mol. The molecule has 0 radical (unpaired) electrons. The molecule has 7 amide bonds. The fraction of sp³-hybridized carbons (Fsp3) is 0.680. The van der Waals surface area contributed by atoms with Crippen molar-refractivity contribution in [3.63, 3.8) is 0 Å². The maximum absolute atomic E-state index is 14.4. The quantitative estimate of drug-likeness (QED) is 0.0499. The molecule has 374 valence electrons. The summed E-state index contributed by atoms with van der Waals surface area (Å²) in [6.45, 7) is 16.1. The van der Waals surface area contributed by atoms with Crippen LogP contribution < -0.4 is 16.1 Å². The number of rotatable bonds is 27. The summed E-state index contributed by atoms with van der Waals surface area (Å²) in [6, 6.07) is 6.49. The Morgan fingerprint density at radius 3 is 2.03 bits per heavy atom. The molecule has 3 N–H and O–H groups in total. The molecule has 17 nitrogen and oxygen atoms in total. The van der Waals surface area contributed by atoms with Gasteiger partial charge in [-0.05, 0) is 70.0 Å². The Bertz CT molecular complexity index is 1860. The lowest BCUT2D eigenvalue weighted by Gasteiger charge is -2.41. The van der Waals surface area contributed by atoms with E-state index in [4.69, 9.17) is 9.47 Å². The number of benzene rings is 1. The number of methoxy groups -OCH3 is 2. The van der Waals surface area contributed by atoms with Gasteiger partial charge in [-0.3, -0.25) is 43.4 Å². The Kier molecular flexibility index (Phi) is 22.8. The number of likely N-dealkylation sites (tertiary alicyclic amines) is 1. The van der Waals surface area contributed by atoms with Gasteiger partial charge in [0.25, 0.3) is 11.8 Å². The topological polar surface area (TPSA) is 199 Å². The van der Waals surface area contributed by atoms with Crippen LogP contribution in [0.25, 0.3) is 0 Å². The smallest absolute Gasteiger partial charge is 0.253 e. The molecule has 2 aliphatic rings. The third-order valence-electron chi connectivity index (χ3n) is 13.3. The van der Waals surface area contributed by atoms with Gasteiger partial charge in [0, 0.05) is 52.9 Å². The van der Waals surface area contributed by atoms with Crippen molar-refractivity contribution in [1.82, 2.24) is 35.7 Å². The lowest BCUT2D eigenvalue weighted by molar-refractivity contribution is -0.148. The van der Waals surface area contributed by atoms with Crippen LogP contribution in [-0.2, 0) is 43.0 Å². The van der Waals surface area contributed by atoms with E-state index in [-0.39, 0.29) is 71.9 Å². The summed E-state index contributed by atoms with van der Waals surface area (Å²) < 4.78 is 12.1. The number of amides is 7. The van der Waals surface area contributed by atoms with Crippen molar-refractivity contribution in [2.24, 2.45) is 28.8 Å². The Balaban J connectivity index is 1.72. The van der Waals surface area contributed by atoms with Gasteiger partial charge in [0.2, 0.25) is 29.5 Å². The largest absolute Gasteiger partial charge is 0.379 e. The minimum atomic E-state index is -0.790. The summed E-state index contributed by atoms with van der Waals surface area (Å²) in [4.78, 5) is 99.3. The van der Waals surface area contributed by atoms with Gasteiger partial charge in [0.05, 0.1) is 54.4 Å². The van der Waals surface area contributed by atoms with Crippen molar-refractivity contribution in [3.05, 3.63) is 48.0 Å². The van der Waals surface area contributed by atoms with E-state index in [1.165, 1.54) is 24.2 Å². The molecule has 0 unspecified atom stereocenters. The minimum Gasteiger partial charge on any atom is -0.379 e. The van der Waals surface area contributed by atoms with Gasteiger partial charge >= 0.3 is 0 Å². The minimum absolute atomic E-state index is 0.0105. The number of likely N-dealkylation sites (N-methyl/N-ethyl adjacent to an activating group) is 2. The van der Waals surface area contributed by atoms with Crippen LogP contribution in [0.15, 0.2) is 47.6 Å². The third kappa shape index (κ3) is 15.5. The summed E-state index contributed by atoms with van der Waals surface area (Å²) in [5.74, 6) is -2.85. The first-order chi connectivity index (χ1) is 31.7. The van der Waals surface area contributed by atoms with Crippen LogP contribution in [0.1, 0.15) is 112 Å². The number of nitrogens with zero attached hydrogens (tertiary/aromatic N) is 5. The Morgan fingerprint density at radius 1 is 0.836 bits per heavy atom. The standard InChI is InChI=1S/C50H80N8O9/c1-14-33(6)46(56(11)50(65)43(31(2)3)52-49(64)45(32(4)5)55(9)10)38(66-12)30-42(62)57-29-21-24-37(57)47(67-13)34(7)48(63)51-35(8)44(36-22-17-15-18-23-36)54-53-39(59)25-19-16-20-28-58-40(60)26-27-41(58)61/h15,17-18,22-23,26-27,31-35,37-38,43,45-47H,14,16,19-21,24-25,28-30H2,1-13H3,(H,51,63)(H,52,64)(H,53,59)/b54-44-/t33-,34+,35+,37-,38+,43-,45-,46-,47+/m0/s1. The van der Waals surface area contributed by atoms with E-state index in [1.54, 1.807) is 37.8 Å². The Labute approximate surface area is 399 Å². The number of ether oxygens (including phenoxy) is 2. The van der Waals surface area contributed by atoms with Crippen LogP contribution in [0.5, 0.6) is 0 Å². The van der Waals surface area contributed by atoms with Crippen LogP contribution in [0, 0.1) is 23.7 Å². The molecule has 0 spiro atoms. The van der Waals surface area contributed by atoms with Gasteiger partial charge in [-0.25, -0.2) is 5.43 Å². The molecular weight excluding hydrogens is 857 g/mol. The lowest BCUT2D eigenvalue weighted by atomic mass is 9.89. The number of nitrogens with one attached hydrogen (secondary N) is 3. The summed E-state index contributed by atoms with van der Waals surface area (Å²) >= 11 is 0. The summed E-state index contributed by atoms with van der Waals surface area (Å²) in [7, 11) is 8.51. The molecule has 1 saturated heterocycles. The van der Waals surface area contributed by atoms with Crippen molar-refractivity contribution in [2.75, 3.05) is 48.5 Å². The van der Waals surface area contributed by atoms with Gasteiger partial charge in [-0.2, -0.15) is 5.10 Å². The predicted molar refractivity (Wildman–Crippen MR) is 258 cm³/mol. The zero-order chi connectivity index (χ0) is 50.1. The average Bonchev–Trinajstić information content (AvgIpc) is 3.90. The number of carbonyl (C=O) groups excluding carboxylic acids is 7. The maximum atomic E-state index is 14.4. The molecule has 2 aliphatic heterocycles. The highest BCUT2D eigenvalue weighted by atomic mass is 16.5. The molecule has 0 bridgehead atoms. The third-order valence-corrected chi connectivity index (χ3v) is 13.3. The molecule has 17 heteroatoms. The molecule has 0 saturated carbocycles. The van der Waals surface area contributed by atoms with E-state index in [2.05, 4.69) is 21.2 Å². The maximum Gasteiger partial charge on any atom is 0.253 e. The van der Waals surface area contributed by atoms with Crippen LogP contribution >= 0.6 is 0 Å². The first-order valence-corrected chi connectivity index (χ1v) is 24.0. The molecule has 1 aromatic rings. The number of hydrogen-bond acceptors (Lipinski definition) is 11. The van der Waals surface area contributed by atoms with Crippen molar-refractivity contribution >= 4 is 47.1 Å². The van der Waals surface area contributed by atoms with Crippen LogP contribution in [0.3, 0.4) is 0 Å². The van der Waals surface area contributed by atoms with Crippen molar-refractivity contribution in [1.29, 1.82) is 0 Å². The van der Waals surface area contributed by atoms with Crippen molar-refractivity contribution < 1.29 is 43.0 Å². The number of unbranched alkanes of at least 4 members (excludes halogenated alkanes) is 2. The predicted octanol–water partition coefficient (Wildman–Crippen LogP) is 4.14. The highest BCUT2D eigenvalue weighted by Crippen LogP contribution is 2.30. The zero-order valence-corrected chi connectivity index (χ0v) is 42.4. The first-order valence-electron chi connectivity index (χ1n) is 24.0. The lowest BCUT2D eigenvalue weighted by Crippen LogP contribution is -2.59.